The first-order valence-corrected chi connectivity index (χ1v) is 7.57. The van der Waals surface area contributed by atoms with Crippen LogP contribution in [0.25, 0.3) is 0 Å². The van der Waals surface area contributed by atoms with Gasteiger partial charge in [-0.3, -0.25) is 4.79 Å². The zero-order chi connectivity index (χ0) is 14.5. The molecular weight excluding hydrogens is 338 g/mol. The molecule has 0 bridgehead atoms. The molecule has 2 rings (SSSR count). The van der Waals surface area contributed by atoms with Crippen LogP contribution in [0, 0.1) is 0 Å². The van der Waals surface area contributed by atoms with E-state index in [0.29, 0.717) is 23.7 Å². The van der Waals surface area contributed by atoms with Crippen LogP contribution in [0.5, 0.6) is 0 Å². The van der Waals surface area contributed by atoms with Crippen LogP contribution >= 0.6 is 27.5 Å². The number of halogens is 2. The first-order chi connectivity index (χ1) is 9.63. The van der Waals surface area contributed by atoms with Gasteiger partial charge in [-0.1, -0.05) is 48.0 Å². The van der Waals surface area contributed by atoms with Gasteiger partial charge in [-0.15, -0.1) is 0 Å². The zero-order valence-corrected chi connectivity index (χ0v) is 13.5. The molecule has 104 valence electrons. The third-order valence-electron chi connectivity index (χ3n) is 3.07. The van der Waals surface area contributed by atoms with E-state index in [4.69, 9.17) is 11.6 Å². The Hall–Kier alpha value is -1.32. The molecule has 2 aromatic rings. The van der Waals surface area contributed by atoms with Gasteiger partial charge in [0.25, 0.3) is 5.91 Å². The van der Waals surface area contributed by atoms with Crippen LogP contribution < -0.4 is 0 Å². The van der Waals surface area contributed by atoms with E-state index in [2.05, 4.69) is 15.9 Å². The van der Waals surface area contributed by atoms with Gasteiger partial charge in [0.15, 0.2) is 0 Å². The number of carbonyl (C=O) groups is 1. The van der Waals surface area contributed by atoms with E-state index in [9.17, 15) is 4.79 Å². The normalized spacial score (nSPS) is 10.3. The number of rotatable bonds is 4. The minimum atomic E-state index is -0.0531. The molecule has 1 amide bonds. The van der Waals surface area contributed by atoms with E-state index in [1.807, 2.05) is 49.4 Å². The second kappa shape index (κ2) is 6.91. The van der Waals surface area contributed by atoms with E-state index in [1.54, 1.807) is 11.0 Å². The summed E-state index contributed by atoms with van der Waals surface area (Å²) < 4.78 is 0.737. The van der Waals surface area contributed by atoms with Crippen LogP contribution in [-0.2, 0) is 6.54 Å². The highest BCUT2D eigenvalue weighted by atomic mass is 79.9. The van der Waals surface area contributed by atoms with Gasteiger partial charge in [0.05, 0.1) is 10.6 Å². The summed E-state index contributed by atoms with van der Waals surface area (Å²) in [6.07, 6.45) is 0. The smallest absolute Gasteiger partial charge is 0.255 e. The molecule has 0 aliphatic heterocycles. The lowest BCUT2D eigenvalue weighted by Crippen LogP contribution is -2.30. The van der Waals surface area contributed by atoms with Crippen LogP contribution in [0.2, 0.25) is 5.02 Å². The fourth-order valence-electron chi connectivity index (χ4n) is 1.97. The molecule has 4 heteroatoms. The monoisotopic (exact) mass is 351 g/mol. The van der Waals surface area contributed by atoms with Gasteiger partial charge in [0.2, 0.25) is 0 Å². The van der Waals surface area contributed by atoms with E-state index in [0.717, 1.165) is 10.0 Å². The number of benzene rings is 2. The second-order valence-electron chi connectivity index (χ2n) is 4.41. The topological polar surface area (TPSA) is 20.3 Å². The highest BCUT2D eigenvalue weighted by Crippen LogP contribution is 2.27. The number of carbonyl (C=O) groups excluding carboxylic acids is 1. The van der Waals surface area contributed by atoms with Crippen molar-refractivity contribution in [1.29, 1.82) is 0 Å². The summed E-state index contributed by atoms with van der Waals surface area (Å²) in [6, 6.07) is 15.3. The molecule has 0 N–H and O–H groups in total. The van der Waals surface area contributed by atoms with Crippen LogP contribution in [0.15, 0.2) is 53.0 Å². The Balaban J connectivity index is 2.23. The predicted molar refractivity (Wildman–Crippen MR) is 86.0 cm³/mol. The third-order valence-corrected chi connectivity index (χ3v) is 4.36. The van der Waals surface area contributed by atoms with Crippen LogP contribution in [0.1, 0.15) is 22.8 Å². The molecule has 0 aliphatic rings. The van der Waals surface area contributed by atoms with Gasteiger partial charge in [0, 0.05) is 17.6 Å². The zero-order valence-electron chi connectivity index (χ0n) is 11.1. The van der Waals surface area contributed by atoms with Gasteiger partial charge >= 0.3 is 0 Å². The van der Waals surface area contributed by atoms with E-state index >= 15 is 0 Å². The maximum absolute atomic E-state index is 12.6. The Morgan fingerprint density at radius 3 is 2.50 bits per heavy atom. The highest BCUT2D eigenvalue weighted by molar-refractivity contribution is 9.10. The standard InChI is InChI=1S/C16H15BrClNO/c1-2-19(11-12-7-4-3-5-8-12)16(20)13-9-6-10-14(17)15(13)18/h3-10H,2,11H2,1H3. The molecule has 0 atom stereocenters. The summed E-state index contributed by atoms with van der Waals surface area (Å²) >= 11 is 9.55. The van der Waals surface area contributed by atoms with Crippen molar-refractivity contribution in [3.05, 3.63) is 69.2 Å². The second-order valence-corrected chi connectivity index (χ2v) is 5.64. The molecule has 0 saturated heterocycles. The van der Waals surface area contributed by atoms with Gasteiger partial charge in [-0.25, -0.2) is 0 Å². The third kappa shape index (κ3) is 3.41. The predicted octanol–water partition coefficient (Wildman–Crippen LogP) is 4.76. The molecule has 20 heavy (non-hydrogen) atoms. The SMILES string of the molecule is CCN(Cc1ccccc1)C(=O)c1cccc(Br)c1Cl. The lowest BCUT2D eigenvalue weighted by atomic mass is 10.1. The van der Waals surface area contributed by atoms with Crippen LogP contribution in [-0.4, -0.2) is 17.4 Å². The Morgan fingerprint density at radius 2 is 1.85 bits per heavy atom. The van der Waals surface area contributed by atoms with Gasteiger partial charge in [0.1, 0.15) is 0 Å². The van der Waals surface area contributed by atoms with Crippen molar-refractivity contribution in [2.45, 2.75) is 13.5 Å². The van der Waals surface area contributed by atoms with Crippen molar-refractivity contribution < 1.29 is 4.79 Å². The minimum Gasteiger partial charge on any atom is -0.335 e. The molecule has 0 radical (unpaired) electrons. The lowest BCUT2D eigenvalue weighted by molar-refractivity contribution is 0.0752. The molecule has 2 nitrogen and oxygen atoms in total. The van der Waals surface area contributed by atoms with Crippen LogP contribution in [0.4, 0.5) is 0 Å². The van der Waals surface area contributed by atoms with Gasteiger partial charge < -0.3 is 4.90 Å². The molecule has 0 spiro atoms. The first-order valence-electron chi connectivity index (χ1n) is 6.40. The number of amides is 1. The number of hydrogen-bond donors (Lipinski definition) is 0. The van der Waals surface area contributed by atoms with Crippen LogP contribution in [0.3, 0.4) is 0 Å². The number of nitrogens with zero attached hydrogens (tertiary/aromatic N) is 1. The van der Waals surface area contributed by atoms with Crippen molar-refractivity contribution in [2.24, 2.45) is 0 Å². The Labute approximate surface area is 132 Å². The molecule has 0 saturated carbocycles. The van der Waals surface area contributed by atoms with Crippen molar-refractivity contribution in [3.63, 3.8) is 0 Å². The Bertz CT molecular complexity index is 601. The summed E-state index contributed by atoms with van der Waals surface area (Å²) in [6.45, 7) is 3.18. The first kappa shape index (κ1) is 15.1. The molecule has 0 aromatic heterocycles. The van der Waals surface area contributed by atoms with Crippen molar-refractivity contribution in [3.8, 4) is 0 Å². The average molecular weight is 353 g/mol. The summed E-state index contributed by atoms with van der Waals surface area (Å²) in [5, 5.41) is 0.462. The largest absolute Gasteiger partial charge is 0.335 e. The number of hydrogen-bond acceptors (Lipinski definition) is 1. The summed E-state index contributed by atoms with van der Waals surface area (Å²) in [4.78, 5) is 14.4. The maximum atomic E-state index is 12.6. The Kier molecular flexibility index (Phi) is 5.21. The highest BCUT2D eigenvalue weighted by Gasteiger charge is 2.18. The van der Waals surface area contributed by atoms with E-state index in [-0.39, 0.29) is 5.91 Å². The molecule has 2 aromatic carbocycles. The fraction of sp³-hybridized carbons (Fsp3) is 0.188. The maximum Gasteiger partial charge on any atom is 0.255 e. The quantitative estimate of drug-likeness (QED) is 0.776. The van der Waals surface area contributed by atoms with Crippen molar-refractivity contribution in [2.75, 3.05) is 6.54 Å². The van der Waals surface area contributed by atoms with Crippen molar-refractivity contribution in [1.82, 2.24) is 4.90 Å². The summed E-state index contributed by atoms with van der Waals surface area (Å²) in [5.41, 5.74) is 1.63. The van der Waals surface area contributed by atoms with E-state index in [1.165, 1.54) is 0 Å². The van der Waals surface area contributed by atoms with Crippen molar-refractivity contribution >= 4 is 33.4 Å². The molecule has 0 unspecified atom stereocenters. The average Bonchev–Trinajstić information content (AvgIpc) is 2.48. The van der Waals surface area contributed by atoms with Gasteiger partial charge in [-0.2, -0.15) is 0 Å². The summed E-state index contributed by atoms with van der Waals surface area (Å²) in [5.74, 6) is -0.0531. The molecule has 0 fully saturated rings. The van der Waals surface area contributed by atoms with E-state index < -0.39 is 0 Å². The molecular formula is C16H15BrClNO. The fourth-order valence-corrected chi connectivity index (χ4v) is 2.54. The summed E-state index contributed by atoms with van der Waals surface area (Å²) in [7, 11) is 0. The Morgan fingerprint density at radius 1 is 1.15 bits per heavy atom. The molecule has 0 aliphatic carbocycles. The molecule has 0 heterocycles. The lowest BCUT2D eigenvalue weighted by Gasteiger charge is -2.21. The van der Waals surface area contributed by atoms with Gasteiger partial charge in [-0.05, 0) is 40.5 Å². The minimum absolute atomic E-state index is 0.0531.